The van der Waals surface area contributed by atoms with Crippen molar-refractivity contribution >= 4 is 23.6 Å². The molecular formula is C34H32F2N6O4. The molecule has 3 N–H and O–H groups in total. The standard InChI is InChI=1S/C34H32F2N6O4/c1-37-28-11-9-24(19-26(28)35)32-31(23-10-12-29(46-3)27(36)18-23)33(44)41(2)34(39-32)42-16-14-25(15-17-42)38-20-22-6-4-21(5-7-22)8-13-30(43)40-45/h4-13,18-19,25,38,45H,14-17,20H2,2-3H3,(H,40,43)/b13-8+. The number of aromatic nitrogens is 2. The lowest BCUT2D eigenvalue weighted by Crippen LogP contribution is -2.44. The Labute approximate surface area is 264 Å². The molecule has 0 atom stereocenters. The largest absolute Gasteiger partial charge is 0.494 e. The van der Waals surface area contributed by atoms with Crippen molar-refractivity contribution in [2.75, 3.05) is 25.1 Å². The lowest BCUT2D eigenvalue weighted by molar-refractivity contribution is -0.124. The fraction of sp³-hybridized carbons (Fsp3) is 0.235. The zero-order chi connectivity index (χ0) is 32.8. The van der Waals surface area contributed by atoms with Gasteiger partial charge in [0.25, 0.3) is 11.5 Å². The molecule has 1 aliphatic heterocycles. The van der Waals surface area contributed by atoms with Crippen molar-refractivity contribution in [3.8, 4) is 28.1 Å². The van der Waals surface area contributed by atoms with Crippen molar-refractivity contribution in [1.29, 1.82) is 0 Å². The summed E-state index contributed by atoms with van der Waals surface area (Å²) in [6.07, 6.45) is 4.40. The maximum Gasteiger partial charge on any atom is 0.267 e. The minimum atomic E-state index is -0.740. The van der Waals surface area contributed by atoms with Gasteiger partial charge in [-0.25, -0.2) is 24.1 Å². The molecule has 1 amide bonds. The summed E-state index contributed by atoms with van der Waals surface area (Å²) in [5.74, 6) is -1.56. The zero-order valence-corrected chi connectivity index (χ0v) is 25.3. The number of nitrogens with one attached hydrogen (secondary N) is 2. The first-order valence-corrected chi connectivity index (χ1v) is 14.5. The van der Waals surface area contributed by atoms with Crippen molar-refractivity contribution in [2.24, 2.45) is 7.05 Å². The maximum atomic E-state index is 14.8. The minimum absolute atomic E-state index is 0.0227. The number of halogens is 2. The van der Waals surface area contributed by atoms with E-state index in [-0.39, 0.29) is 34.3 Å². The van der Waals surface area contributed by atoms with Crippen LogP contribution < -0.4 is 26.0 Å². The summed E-state index contributed by atoms with van der Waals surface area (Å²) in [5.41, 5.74) is 3.74. The molecule has 0 spiro atoms. The molecule has 0 radical (unpaired) electrons. The van der Waals surface area contributed by atoms with E-state index in [1.807, 2.05) is 29.2 Å². The third-order valence-corrected chi connectivity index (χ3v) is 7.94. The molecular weight excluding hydrogens is 594 g/mol. The van der Waals surface area contributed by atoms with E-state index in [1.165, 1.54) is 48.1 Å². The Bertz CT molecular complexity index is 1880. The first kappa shape index (κ1) is 32.0. The summed E-state index contributed by atoms with van der Waals surface area (Å²) in [6, 6.07) is 16.1. The Morgan fingerprint density at radius 3 is 2.41 bits per heavy atom. The number of nitrogens with zero attached hydrogens (tertiary/aromatic N) is 4. The summed E-state index contributed by atoms with van der Waals surface area (Å²) >= 11 is 0. The molecule has 0 bridgehead atoms. The number of piperidine rings is 1. The molecule has 4 aromatic rings. The number of carbonyl (C=O) groups excluding carboxylic acids is 1. The van der Waals surface area contributed by atoms with E-state index in [1.54, 1.807) is 24.7 Å². The van der Waals surface area contributed by atoms with Gasteiger partial charge < -0.3 is 15.0 Å². The van der Waals surface area contributed by atoms with Crippen LogP contribution in [0.3, 0.4) is 0 Å². The Balaban J connectivity index is 1.37. The highest BCUT2D eigenvalue weighted by Gasteiger charge is 2.26. The van der Waals surface area contributed by atoms with Gasteiger partial charge in [0, 0.05) is 44.4 Å². The maximum absolute atomic E-state index is 14.8. The van der Waals surface area contributed by atoms with Crippen LogP contribution in [0.1, 0.15) is 24.0 Å². The van der Waals surface area contributed by atoms with E-state index in [4.69, 9.17) is 21.5 Å². The molecule has 0 aliphatic carbocycles. The minimum Gasteiger partial charge on any atom is -0.494 e. The number of hydroxylamine groups is 1. The first-order chi connectivity index (χ1) is 22.2. The number of anilines is 1. The molecule has 12 heteroatoms. The fourth-order valence-corrected chi connectivity index (χ4v) is 5.41. The van der Waals surface area contributed by atoms with Crippen LogP contribution in [0.5, 0.6) is 5.75 Å². The average molecular weight is 627 g/mol. The van der Waals surface area contributed by atoms with E-state index in [9.17, 15) is 18.4 Å². The monoisotopic (exact) mass is 626 g/mol. The third kappa shape index (κ3) is 6.96. The second-order valence-corrected chi connectivity index (χ2v) is 10.8. The number of hydrogen-bond acceptors (Lipinski definition) is 7. The quantitative estimate of drug-likeness (QED) is 0.101. The number of benzene rings is 3. The second-order valence-electron chi connectivity index (χ2n) is 10.8. The normalized spacial score (nSPS) is 13.5. The average Bonchev–Trinajstić information content (AvgIpc) is 3.08. The van der Waals surface area contributed by atoms with Crippen LogP contribution >= 0.6 is 0 Å². The van der Waals surface area contributed by atoms with Gasteiger partial charge >= 0.3 is 0 Å². The van der Waals surface area contributed by atoms with Gasteiger partial charge in [-0.1, -0.05) is 42.5 Å². The van der Waals surface area contributed by atoms with Crippen LogP contribution in [-0.4, -0.2) is 46.9 Å². The van der Waals surface area contributed by atoms with Crippen molar-refractivity contribution < 1.29 is 23.5 Å². The predicted octanol–water partition coefficient (Wildman–Crippen LogP) is 5.23. The molecule has 46 heavy (non-hydrogen) atoms. The fourth-order valence-electron chi connectivity index (χ4n) is 5.41. The second kappa shape index (κ2) is 14.2. The number of methoxy groups -OCH3 is 1. The Hall–Kier alpha value is -5.38. The molecule has 5 rings (SSSR count). The molecule has 1 aromatic heterocycles. The summed E-state index contributed by atoms with van der Waals surface area (Å²) in [5, 5.41) is 12.2. The van der Waals surface area contributed by atoms with Gasteiger partial charge in [-0.2, -0.15) is 0 Å². The van der Waals surface area contributed by atoms with Crippen LogP contribution in [0.2, 0.25) is 0 Å². The molecule has 2 heterocycles. The van der Waals surface area contributed by atoms with Crippen molar-refractivity contribution in [3.05, 3.63) is 111 Å². The van der Waals surface area contributed by atoms with E-state index in [0.717, 1.165) is 24.0 Å². The lowest BCUT2D eigenvalue weighted by atomic mass is 9.99. The third-order valence-electron chi connectivity index (χ3n) is 7.94. The highest BCUT2D eigenvalue weighted by atomic mass is 19.1. The van der Waals surface area contributed by atoms with Gasteiger partial charge in [0.2, 0.25) is 11.6 Å². The Morgan fingerprint density at radius 2 is 1.78 bits per heavy atom. The van der Waals surface area contributed by atoms with E-state index in [2.05, 4.69) is 10.2 Å². The summed E-state index contributed by atoms with van der Waals surface area (Å²) in [4.78, 5) is 35.1. The topological polar surface area (TPSA) is 113 Å². The predicted molar refractivity (Wildman–Crippen MR) is 171 cm³/mol. The number of amides is 1. The first-order valence-electron chi connectivity index (χ1n) is 14.5. The summed E-state index contributed by atoms with van der Waals surface area (Å²) < 4.78 is 36.0. The van der Waals surface area contributed by atoms with E-state index in [0.29, 0.717) is 31.1 Å². The molecule has 0 saturated carbocycles. The van der Waals surface area contributed by atoms with E-state index < -0.39 is 23.1 Å². The number of rotatable bonds is 9. The van der Waals surface area contributed by atoms with Gasteiger partial charge in [-0.3, -0.25) is 19.4 Å². The zero-order valence-electron chi connectivity index (χ0n) is 25.3. The van der Waals surface area contributed by atoms with Crippen LogP contribution in [0, 0.1) is 18.2 Å². The Kier molecular flexibility index (Phi) is 9.85. The highest BCUT2D eigenvalue weighted by molar-refractivity contribution is 5.90. The lowest BCUT2D eigenvalue weighted by Gasteiger charge is -2.34. The summed E-state index contributed by atoms with van der Waals surface area (Å²) in [6.45, 7) is 9.05. The van der Waals surface area contributed by atoms with Gasteiger partial charge in [0.15, 0.2) is 11.6 Å². The molecule has 236 valence electrons. The molecule has 3 aromatic carbocycles. The molecule has 0 unspecified atom stereocenters. The molecule has 1 fully saturated rings. The molecule has 10 nitrogen and oxygen atoms in total. The smallest absolute Gasteiger partial charge is 0.267 e. The van der Waals surface area contributed by atoms with Crippen molar-refractivity contribution in [1.82, 2.24) is 20.3 Å². The van der Waals surface area contributed by atoms with Crippen LogP contribution in [0.4, 0.5) is 20.4 Å². The number of hydrogen-bond donors (Lipinski definition) is 3. The van der Waals surface area contributed by atoms with Gasteiger partial charge in [0.05, 0.1) is 24.9 Å². The van der Waals surface area contributed by atoms with Crippen molar-refractivity contribution in [2.45, 2.75) is 25.4 Å². The number of carbonyl (C=O) groups is 1. The van der Waals surface area contributed by atoms with Crippen LogP contribution in [0.25, 0.3) is 33.3 Å². The van der Waals surface area contributed by atoms with E-state index >= 15 is 0 Å². The van der Waals surface area contributed by atoms with Crippen LogP contribution in [-0.2, 0) is 18.4 Å². The van der Waals surface area contributed by atoms with Gasteiger partial charge in [0.1, 0.15) is 5.82 Å². The van der Waals surface area contributed by atoms with Crippen molar-refractivity contribution in [3.63, 3.8) is 0 Å². The summed E-state index contributed by atoms with van der Waals surface area (Å²) in [7, 11) is 2.96. The highest BCUT2D eigenvalue weighted by Crippen LogP contribution is 2.34. The van der Waals surface area contributed by atoms with Crippen LogP contribution in [0.15, 0.2) is 71.5 Å². The molecule has 1 saturated heterocycles. The SMILES string of the molecule is [C-]#[N+]c1ccc(-c2nc(N3CCC(NCc4ccc(/C=C/C(=O)NO)cc4)CC3)n(C)c(=O)c2-c2ccc(OC)c(F)c2)cc1F. The van der Waals surface area contributed by atoms with Gasteiger partial charge in [-0.15, -0.1) is 0 Å². The Morgan fingerprint density at radius 1 is 1.09 bits per heavy atom. The molecule has 1 aliphatic rings. The number of ether oxygens (including phenoxy) is 1. The van der Waals surface area contributed by atoms with Gasteiger partial charge in [-0.05, 0) is 53.8 Å².